The summed E-state index contributed by atoms with van der Waals surface area (Å²) >= 11 is 0. The molecule has 0 aromatic heterocycles. The van der Waals surface area contributed by atoms with Gasteiger partial charge in [-0.2, -0.15) is 0 Å². The first kappa shape index (κ1) is 13.5. The number of carbonyl (C=O) groups excluding carboxylic acids is 1. The maximum absolute atomic E-state index is 12.0. The predicted molar refractivity (Wildman–Crippen MR) is 66.4 cm³/mol. The van der Waals surface area contributed by atoms with Crippen molar-refractivity contribution in [2.24, 2.45) is 0 Å². The van der Waals surface area contributed by atoms with E-state index in [0.717, 1.165) is 26.1 Å². The Balaban J connectivity index is 2.44. The van der Waals surface area contributed by atoms with Gasteiger partial charge in [0.15, 0.2) is 0 Å². The van der Waals surface area contributed by atoms with Gasteiger partial charge in [0.25, 0.3) is 0 Å². The molecule has 0 bridgehead atoms. The van der Waals surface area contributed by atoms with Crippen molar-refractivity contribution in [1.29, 1.82) is 0 Å². The number of likely N-dealkylation sites (tertiary alicyclic amines) is 1. The fourth-order valence-electron chi connectivity index (χ4n) is 2.17. The summed E-state index contributed by atoms with van der Waals surface area (Å²) in [6.07, 6.45) is 2.27. The fourth-order valence-corrected chi connectivity index (χ4v) is 2.17. The van der Waals surface area contributed by atoms with Crippen molar-refractivity contribution < 1.29 is 4.79 Å². The molecule has 0 aliphatic carbocycles. The summed E-state index contributed by atoms with van der Waals surface area (Å²) in [6, 6.07) is 0.309. The van der Waals surface area contributed by atoms with Gasteiger partial charge in [-0.1, -0.05) is 6.92 Å². The van der Waals surface area contributed by atoms with Gasteiger partial charge in [0, 0.05) is 12.6 Å². The normalized spacial score (nSPS) is 23.1. The van der Waals surface area contributed by atoms with E-state index in [2.05, 4.69) is 22.6 Å². The number of rotatable bonds is 4. The zero-order valence-corrected chi connectivity index (χ0v) is 11.0. The zero-order chi connectivity index (χ0) is 12.2. The number of nitrogens with zero attached hydrogens (tertiary/aromatic N) is 1. The average molecular weight is 227 g/mol. The van der Waals surface area contributed by atoms with Crippen molar-refractivity contribution in [2.75, 3.05) is 26.7 Å². The molecule has 4 heteroatoms. The highest BCUT2D eigenvalue weighted by molar-refractivity contribution is 5.85. The van der Waals surface area contributed by atoms with Gasteiger partial charge in [-0.15, -0.1) is 0 Å². The minimum atomic E-state index is -0.467. The van der Waals surface area contributed by atoms with Gasteiger partial charge < -0.3 is 15.5 Å². The third-order valence-electron chi connectivity index (χ3n) is 3.15. The molecule has 1 heterocycles. The van der Waals surface area contributed by atoms with E-state index < -0.39 is 5.54 Å². The maximum Gasteiger partial charge on any atom is 0.239 e. The van der Waals surface area contributed by atoms with Crippen LogP contribution in [0.25, 0.3) is 0 Å². The molecule has 0 aromatic carbocycles. The van der Waals surface area contributed by atoms with E-state index in [1.54, 1.807) is 0 Å². The zero-order valence-electron chi connectivity index (χ0n) is 11.0. The summed E-state index contributed by atoms with van der Waals surface area (Å²) in [7, 11) is 2.10. The Morgan fingerprint density at radius 2 is 2.19 bits per heavy atom. The summed E-state index contributed by atoms with van der Waals surface area (Å²) in [5, 5.41) is 6.33. The summed E-state index contributed by atoms with van der Waals surface area (Å²) in [5.41, 5.74) is -0.467. The van der Waals surface area contributed by atoms with Crippen molar-refractivity contribution in [1.82, 2.24) is 15.5 Å². The van der Waals surface area contributed by atoms with Crippen molar-refractivity contribution in [2.45, 2.75) is 45.2 Å². The van der Waals surface area contributed by atoms with Gasteiger partial charge in [0.2, 0.25) is 5.91 Å². The standard InChI is InChI=1S/C12H25N3O/c1-5-13-12(2,3)11(16)14-10-7-6-8-15(4)9-10/h10,13H,5-9H2,1-4H3,(H,14,16). The lowest BCUT2D eigenvalue weighted by molar-refractivity contribution is -0.127. The second kappa shape index (κ2) is 5.64. The number of hydrogen-bond donors (Lipinski definition) is 2. The Labute approximate surface area is 98.8 Å². The molecule has 4 nitrogen and oxygen atoms in total. The van der Waals surface area contributed by atoms with Crippen molar-refractivity contribution in [3.63, 3.8) is 0 Å². The van der Waals surface area contributed by atoms with Gasteiger partial charge in [0.05, 0.1) is 5.54 Å². The molecule has 2 N–H and O–H groups in total. The van der Waals surface area contributed by atoms with E-state index in [0.29, 0.717) is 6.04 Å². The molecule has 1 unspecified atom stereocenters. The SMILES string of the molecule is CCNC(C)(C)C(=O)NC1CCCN(C)C1. The average Bonchev–Trinajstić information content (AvgIpc) is 2.17. The first-order valence-corrected chi connectivity index (χ1v) is 6.20. The highest BCUT2D eigenvalue weighted by atomic mass is 16.2. The van der Waals surface area contributed by atoms with Crippen LogP contribution in [0.2, 0.25) is 0 Å². The van der Waals surface area contributed by atoms with Crippen LogP contribution in [0.15, 0.2) is 0 Å². The maximum atomic E-state index is 12.0. The Morgan fingerprint density at radius 1 is 1.50 bits per heavy atom. The first-order valence-electron chi connectivity index (χ1n) is 6.20. The van der Waals surface area contributed by atoms with E-state index in [1.807, 2.05) is 20.8 Å². The van der Waals surface area contributed by atoms with Gasteiger partial charge in [-0.3, -0.25) is 4.79 Å². The molecule has 1 atom stereocenters. The minimum absolute atomic E-state index is 0.106. The van der Waals surface area contributed by atoms with Gasteiger partial charge in [-0.25, -0.2) is 0 Å². The molecule has 1 amide bonds. The fraction of sp³-hybridized carbons (Fsp3) is 0.917. The Hall–Kier alpha value is -0.610. The molecule has 94 valence electrons. The summed E-state index contributed by atoms with van der Waals surface area (Å²) in [5.74, 6) is 0.106. The van der Waals surface area contributed by atoms with E-state index >= 15 is 0 Å². The van der Waals surface area contributed by atoms with Crippen LogP contribution >= 0.6 is 0 Å². The van der Waals surface area contributed by atoms with E-state index in [-0.39, 0.29) is 5.91 Å². The van der Waals surface area contributed by atoms with Crippen LogP contribution < -0.4 is 10.6 Å². The summed E-state index contributed by atoms with van der Waals surface area (Å²) < 4.78 is 0. The van der Waals surface area contributed by atoms with Crippen LogP contribution in [0.4, 0.5) is 0 Å². The Kier molecular flexibility index (Phi) is 4.74. The quantitative estimate of drug-likeness (QED) is 0.738. The number of piperidine rings is 1. The third kappa shape index (κ3) is 3.76. The van der Waals surface area contributed by atoms with Gasteiger partial charge >= 0.3 is 0 Å². The predicted octanol–water partition coefficient (Wildman–Crippen LogP) is 0.585. The number of hydrogen-bond acceptors (Lipinski definition) is 3. The number of carbonyl (C=O) groups is 1. The van der Waals surface area contributed by atoms with Crippen LogP contribution in [0, 0.1) is 0 Å². The molecular weight excluding hydrogens is 202 g/mol. The lowest BCUT2D eigenvalue weighted by Gasteiger charge is -2.33. The van der Waals surface area contributed by atoms with Crippen LogP contribution in [0.5, 0.6) is 0 Å². The first-order chi connectivity index (χ1) is 7.45. The largest absolute Gasteiger partial charge is 0.350 e. The Morgan fingerprint density at radius 3 is 2.75 bits per heavy atom. The second-order valence-electron chi connectivity index (χ2n) is 5.23. The lowest BCUT2D eigenvalue weighted by atomic mass is 10.0. The molecule has 0 saturated carbocycles. The van der Waals surface area contributed by atoms with Crippen LogP contribution in [-0.2, 0) is 4.79 Å². The molecular formula is C12H25N3O. The number of likely N-dealkylation sites (N-methyl/N-ethyl adjacent to an activating group) is 2. The molecule has 1 saturated heterocycles. The van der Waals surface area contributed by atoms with Crippen molar-refractivity contribution in [3.05, 3.63) is 0 Å². The number of nitrogens with one attached hydrogen (secondary N) is 2. The van der Waals surface area contributed by atoms with Crippen LogP contribution in [-0.4, -0.2) is 49.1 Å². The van der Waals surface area contributed by atoms with Gasteiger partial charge in [0.1, 0.15) is 0 Å². The molecule has 0 aromatic rings. The molecule has 16 heavy (non-hydrogen) atoms. The van der Waals surface area contributed by atoms with Crippen LogP contribution in [0.1, 0.15) is 33.6 Å². The molecule has 1 aliphatic rings. The van der Waals surface area contributed by atoms with Crippen molar-refractivity contribution in [3.8, 4) is 0 Å². The highest BCUT2D eigenvalue weighted by Crippen LogP contribution is 2.10. The minimum Gasteiger partial charge on any atom is -0.350 e. The highest BCUT2D eigenvalue weighted by Gasteiger charge is 2.29. The van der Waals surface area contributed by atoms with Crippen LogP contribution in [0.3, 0.4) is 0 Å². The van der Waals surface area contributed by atoms with E-state index in [4.69, 9.17) is 0 Å². The lowest BCUT2D eigenvalue weighted by Crippen LogP contribution is -2.57. The van der Waals surface area contributed by atoms with E-state index in [9.17, 15) is 4.79 Å². The smallest absolute Gasteiger partial charge is 0.239 e. The second-order valence-corrected chi connectivity index (χ2v) is 5.23. The third-order valence-corrected chi connectivity index (χ3v) is 3.15. The van der Waals surface area contributed by atoms with Gasteiger partial charge in [-0.05, 0) is 46.8 Å². The van der Waals surface area contributed by atoms with E-state index in [1.165, 1.54) is 6.42 Å². The molecule has 1 aliphatic heterocycles. The molecule has 1 fully saturated rings. The molecule has 0 radical (unpaired) electrons. The number of amides is 1. The topological polar surface area (TPSA) is 44.4 Å². The molecule has 1 rings (SSSR count). The summed E-state index contributed by atoms with van der Waals surface area (Å²) in [6.45, 7) is 8.79. The monoisotopic (exact) mass is 227 g/mol. The summed E-state index contributed by atoms with van der Waals surface area (Å²) in [4.78, 5) is 14.3. The van der Waals surface area contributed by atoms with Crippen molar-refractivity contribution >= 4 is 5.91 Å². The molecule has 0 spiro atoms. The Bertz CT molecular complexity index is 240.